The fraction of sp³-hybridized carbons (Fsp3) is 0.692. The molecule has 2 aliphatic rings. The Morgan fingerprint density at radius 2 is 2.28 bits per heavy atom. The van der Waals surface area contributed by atoms with E-state index in [-0.39, 0.29) is 0 Å². The van der Waals surface area contributed by atoms with Gasteiger partial charge in [0.1, 0.15) is 12.3 Å². The van der Waals surface area contributed by atoms with Crippen molar-refractivity contribution in [1.82, 2.24) is 10.3 Å². The average Bonchev–Trinajstić information content (AvgIpc) is 2.96. The normalized spacial score (nSPS) is 24.6. The van der Waals surface area contributed by atoms with E-state index in [4.69, 9.17) is 4.42 Å². The lowest BCUT2D eigenvalue weighted by Gasteiger charge is -2.32. The summed E-state index contributed by atoms with van der Waals surface area (Å²) in [5.74, 6) is 2.71. The van der Waals surface area contributed by atoms with Gasteiger partial charge in [-0.25, -0.2) is 4.98 Å². The van der Waals surface area contributed by atoms with E-state index in [1.165, 1.54) is 32.1 Å². The summed E-state index contributed by atoms with van der Waals surface area (Å²) < 4.78 is 5.43. The summed E-state index contributed by atoms with van der Waals surface area (Å²) >= 11 is 1.84. The van der Waals surface area contributed by atoms with E-state index in [1.807, 2.05) is 18.7 Å². The maximum absolute atomic E-state index is 5.43. The average molecular weight is 265 g/mol. The molecule has 1 aromatic rings. The van der Waals surface area contributed by atoms with Gasteiger partial charge in [0.2, 0.25) is 5.89 Å². The highest BCUT2D eigenvalue weighted by Gasteiger charge is 2.37. The van der Waals surface area contributed by atoms with Gasteiger partial charge < -0.3 is 9.73 Å². The van der Waals surface area contributed by atoms with Gasteiger partial charge in [-0.3, -0.25) is 4.99 Å². The molecule has 3 rings (SSSR count). The molecule has 1 N–H and O–H groups in total. The highest BCUT2D eigenvalue weighted by Crippen LogP contribution is 2.36. The van der Waals surface area contributed by atoms with Crippen LogP contribution in [0.3, 0.4) is 0 Å². The van der Waals surface area contributed by atoms with E-state index in [0.717, 1.165) is 16.7 Å². The lowest BCUT2D eigenvalue weighted by molar-refractivity contribution is 0.303. The first-order valence-corrected chi connectivity index (χ1v) is 7.61. The van der Waals surface area contributed by atoms with Gasteiger partial charge in [-0.1, -0.05) is 31.0 Å². The van der Waals surface area contributed by atoms with Crippen molar-refractivity contribution in [3.63, 3.8) is 0 Å². The van der Waals surface area contributed by atoms with Crippen LogP contribution in [0.2, 0.25) is 0 Å². The molecule has 2 fully saturated rings. The summed E-state index contributed by atoms with van der Waals surface area (Å²) in [7, 11) is 0. The van der Waals surface area contributed by atoms with Crippen molar-refractivity contribution in [2.24, 2.45) is 4.99 Å². The molecule has 1 aliphatic carbocycles. The predicted molar refractivity (Wildman–Crippen MR) is 73.8 cm³/mol. The van der Waals surface area contributed by atoms with E-state index >= 15 is 0 Å². The van der Waals surface area contributed by atoms with Gasteiger partial charge in [0.25, 0.3) is 0 Å². The Morgan fingerprint density at radius 3 is 3.00 bits per heavy atom. The summed E-state index contributed by atoms with van der Waals surface area (Å²) in [5.41, 5.74) is 0.328. The number of oxazole rings is 1. The van der Waals surface area contributed by atoms with Gasteiger partial charge >= 0.3 is 0 Å². The highest BCUT2D eigenvalue weighted by molar-refractivity contribution is 8.14. The molecule has 4 nitrogen and oxygen atoms in total. The lowest BCUT2D eigenvalue weighted by Crippen LogP contribution is -2.45. The number of nitrogens with zero attached hydrogens (tertiary/aromatic N) is 2. The Balaban J connectivity index is 1.61. The van der Waals surface area contributed by atoms with Crippen molar-refractivity contribution < 1.29 is 4.42 Å². The molecule has 0 atom stereocenters. The minimum absolute atomic E-state index is 0.328. The quantitative estimate of drug-likeness (QED) is 0.893. The Morgan fingerprint density at radius 1 is 1.44 bits per heavy atom. The fourth-order valence-electron chi connectivity index (χ4n) is 2.70. The Hall–Kier alpha value is -0.970. The second-order valence-corrected chi connectivity index (χ2v) is 6.20. The monoisotopic (exact) mass is 265 g/mol. The van der Waals surface area contributed by atoms with Gasteiger partial charge in [0, 0.05) is 11.3 Å². The molecule has 0 amide bonds. The summed E-state index contributed by atoms with van der Waals surface area (Å²) in [6.45, 7) is 2.45. The number of amidine groups is 1. The van der Waals surface area contributed by atoms with Crippen molar-refractivity contribution in [2.75, 3.05) is 5.75 Å². The highest BCUT2D eigenvalue weighted by atomic mass is 32.2. The van der Waals surface area contributed by atoms with Crippen LogP contribution >= 0.6 is 11.8 Å². The zero-order valence-corrected chi connectivity index (χ0v) is 11.6. The molecule has 18 heavy (non-hydrogen) atoms. The van der Waals surface area contributed by atoms with Crippen molar-refractivity contribution in [1.29, 1.82) is 0 Å². The molecule has 1 aromatic heterocycles. The molecule has 0 radical (unpaired) electrons. The van der Waals surface area contributed by atoms with Crippen molar-refractivity contribution in [3.8, 4) is 0 Å². The predicted octanol–water partition coefficient (Wildman–Crippen LogP) is 2.88. The first-order valence-electron chi connectivity index (χ1n) is 6.63. The SMILES string of the molecule is Cc1cnc(CN=C2NC3(CCCCC3)CS2)o1. The lowest BCUT2D eigenvalue weighted by atomic mass is 9.83. The maximum Gasteiger partial charge on any atom is 0.216 e. The topological polar surface area (TPSA) is 50.4 Å². The summed E-state index contributed by atoms with van der Waals surface area (Å²) in [4.78, 5) is 8.74. The van der Waals surface area contributed by atoms with Crippen LogP contribution in [0.4, 0.5) is 0 Å². The molecule has 1 aliphatic heterocycles. The summed E-state index contributed by atoms with van der Waals surface area (Å²) in [6, 6.07) is 0. The van der Waals surface area contributed by atoms with Crippen LogP contribution in [-0.2, 0) is 6.54 Å². The van der Waals surface area contributed by atoms with Crippen molar-refractivity contribution in [2.45, 2.75) is 51.1 Å². The van der Waals surface area contributed by atoms with Crippen molar-refractivity contribution >= 4 is 16.9 Å². The first-order chi connectivity index (χ1) is 8.76. The van der Waals surface area contributed by atoms with E-state index in [1.54, 1.807) is 6.20 Å². The van der Waals surface area contributed by atoms with Gasteiger partial charge in [-0.2, -0.15) is 0 Å². The van der Waals surface area contributed by atoms with Crippen LogP contribution in [0, 0.1) is 6.92 Å². The van der Waals surface area contributed by atoms with Gasteiger partial charge in [-0.05, 0) is 19.8 Å². The second-order valence-electron chi connectivity index (χ2n) is 5.24. The van der Waals surface area contributed by atoms with Gasteiger partial charge in [0.15, 0.2) is 5.17 Å². The molecule has 0 bridgehead atoms. The van der Waals surface area contributed by atoms with Crippen LogP contribution in [0.25, 0.3) is 0 Å². The van der Waals surface area contributed by atoms with Crippen LogP contribution < -0.4 is 5.32 Å². The first kappa shape index (κ1) is 12.1. The molecular weight excluding hydrogens is 246 g/mol. The largest absolute Gasteiger partial charge is 0.444 e. The van der Waals surface area contributed by atoms with Crippen molar-refractivity contribution in [3.05, 3.63) is 17.8 Å². The molecule has 98 valence electrons. The number of aryl methyl sites for hydroxylation is 1. The molecule has 1 spiro atoms. The van der Waals surface area contributed by atoms with Gasteiger partial charge in [0.05, 0.1) is 6.20 Å². The van der Waals surface area contributed by atoms with Crippen LogP contribution in [0.15, 0.2) is 15.6 Å². The number of aromatic nitrogens is 1. The Labute approximate surface area is 112 Å². The molecule has 0 aromatic carbocycles. The molecule has 1 saturated heterocycles. The van der Waals surface area contributed by atoms with Crippen LogP contribution in [0.5, 0.6) is 0 Å². The van der Waals surface area contributed by atoms with E-state index in [2.05, 4.69) is 15.3 Å². The number of nitrogens with one attached hydrogen (secondary N) is 1. The number of rotatable bonds is 2. The molecule has 5 heteroatoms. The number of thioether (sulfide) groups is 1. The number of hydrogen-bond acceptors (Lipinski definition) is 4. The van der Waals surface area contributed by atoms with E-state index in [9.17, 15) is 0 Å². The van der Waals surface area contributed by atoms with Crippen LogP contribution in [-0.4, -0.2) is 21.4 Å². The van der Waals surface area contributed by atoms with E-state index in [0.29, 0.717) is 18.0 Å². The third-order valence-electron chi connectivity index (χ3n) is 3.70. The molecule has 0 unspecified atom stereocenters. The van der Waals surface area contributed by atoms with Gasteiger partial charge in [-0.15, -0.1) is 0 Å². The maximum atomic E-state index is 5.43. The third kappa shape index (κ3) is 2.55. The van der Waals surface area contributed by atoms with E-state index < -0.39 is 0 Å². The molecule has 1 saturated carbocycles. The summed E-state index contributed by atoms with van der Waals surface area (Å²) in [5, 5.41) is 4.69. The van der Waals surface area contributed by atoms with Crippen LogP contribution in [0.1, 0.15) is 43.8 Å². The Kier molecular flexibility index (Phi) is 3.33. The smallest absolute Gasteiger partial charge is 0.216 e. The standard InChI is InChI=1S/C13H19N3OS/c1-10-7-14-11(17-10)8-15-12-16-13(9-18-12)5-3-2-4-6-13/h7H,2-6,8-9H2,1H3,(H,15,16). The Bertz CT molecular complexity index is 449. The second kappa shape index (κ2) is 4.96. The number of hydrogen-bond donors (Lipinski definition) is 1. The number of aliphatic imine (C=N–C) groups is 1. The minimum Gasteiger partial charge on any atom is -0.444 e. The zero-order valence-electron chi connectivity index (χ0n) is 10.7. The fourth-order valence-corrected chi connectivity index (χ4v) is 3.92. The zero-order chi connectivity index (χ0) is 12.4. The minimum atomic E-state index is 0.328. The third-order valence-corrected chi connectivity index (χ3v) is 4.90. The summed E-state index contributed by atoms with van der Waals surface area (Å²) in [6.07, 6.45) is 8.40. The molecule has 2 heterocycles. The molecular formula is C13H19N3OS.